The smallest absolute Gasteiger partial charge is 0.217 e. The van der Waals surface area contributed by atoms with Gasteiger partial charge in [0.25, 0.3) is 0 Å². The van der Waals surface area contributed by atoms with E-state index in [2.05, 4.69) is 15.3 Å². The van der Waals surface area contributed by atoms with Crippen LogP contribution in [0.2, 0.25) is 0 Å². The minimum Gasteiger partial charge on any atom is -0.370 e. The number of hydrogen-bond donors (Lipinski definition) is 2. The molecule has 0 aromatic carbocycles. The van der Waals surface area contributed by atoms with Crippen molar-refractivity contribution >= 4 is 11.7 Å². The van der Waals surface area contributed by atoms with E-state index in [1.165, 1.54) is 24.1 Å². The average Bonchev–Trinajstić information content (AvgIpc) is 2.34. The molecule has 17 heavy (non-hydrogen) atoms. The highest BCUT2D eigenvalue weighted by atomic mass is 16.1. The molecule has 1 aromatic heterocycles. The molecule has 0 unspecified atom stereocenters. The summed E-state index contributed by atoms with van der Waals surface area (Å²) >= 11 is 0. The van der Waals surface area contributed by atoms with Crippen LogP contribution in [0.3, 0.4) is 0 Å². The maximum absolute atomic E-state index is 10.6. The summed E-state index contributed by atoms with van der Waals surface area (Å²) in [6, 6.07) is 0. The molecule has 0 bridgehead atoms. The minimum atomic E-state index is -0.253. The number of aryl methyl sites for hydroxylation is 1. The lowest BCUT2D eigenvalue weighted by Crippen LogP contribution is -2.15. The number of fused-ring (bicyclic) bond motifs is 1. The Morgan fingerprint density at radius 3 is 3.00 bits per heavy atom. The molecule has 0 fully saturated rings. The zero-order chi connectivity index (χ0) is 12.1. The maximum Gasteiger partial charge on any atom is 0.217 e. The molecule has 1 amide bonds. The van der Waals surface area contributed by atoms with Crippen molar-refractivity contribution in [2.24, 2.45) is 5.73 Å². The van der Waals surface area contributed by atoms with Crippen LogP contribution in [0.25, 0.3) is 0 Å². The van der Waals surface area contributed by atoms with Gasteiger partial charge in [0.1, 0.15) is 12.1 Å². The van der Waals surface area contributed by atoms with Crippen LogP contribution in [0.5, 0.6) is 0 Å². The fraction of sp³-hybridized carbons (Fsp3) is 0.583. The van der Waals surface area contributed by atoms with Crippen LogP contribution >= 0.6 is 0 Å². The monoisotopic (exact) mass is 234 g/mol. The first-order chi connectivity index (χ1) is 8.27. The summed E-state index contributed by atoms with van der Waals surface area (Å²) in [6.07, 6.45) is 7.29. The van der Waals surface area contributed by atoms with Gasteiger partial charge in [0.05, 0.1) is 0 Å². The van der Waals surface area contributed by atoms with Crippen LogP contribution < -0.4 is 11.1 Å². The number of amides is 1. The third-order valence-electron chi connectivity index (χ3n) is 3.02. The molecule has 3 N–H and O–H groups in total. The lowest BCUT2D eigenvalue weighted by atomic mass is 9.96. The van der Waals surface area contributed by atoms with Gasteiger partial charge in [0.2, 0.25) is 5.91 Å². The van der Waals surface area contributed by atoms with E-state index in [4.69, 9.17) is 5.73 Å². The average molecular weight is 234 g/mol. The van der Waals surface area contributed by atoms with Gasteiger partial charge in [-0.3, -0.25) is 4.79 Å². The number of nitrogens with two attached hydrogens (primary N) is 1. The predicted octanol–water partition coefficient (Wildman–Crippen LogP) is 1.03. The second kappa shape index (κ2) is 5.61. The number of primary amides is 1. The zero-order valence-electron chi connectivity index (χ0n) is 9.91. The molecule has 0 aliphatic heterocycles. The topological polar surface area (TPSA) is 80.9 Å². The standard InChI is InChI=1S/C12H18N4O/c13-11(17)6-3-7-14-12-9-4-1-2-5-10(9)15-8-16-12/h8H,1-7H2,(H2,13,17)(H,14,15,16). The highest BCUT2D eigenvalue weighted by molar-refractivity contribution is 5.73. The highest BCUT2D eigenvalue weighted by Gasteiger charge is 2.14. The molecule has 1 heterocycles. The van der Waals surface area contributed by atoms with Gasteiger partial charge >= 0.3 is 0 Å². The molecule has 0 atom stereocenters. The fourth-order valence-electron chi connectivity index (χ4n) is 2.14. The predicted molar refractivity (Wildman–Crippen MR) is 65.6 cm³/mol. The first-order valence-electron chi connectivity index (χ1n) is 6.12. The number of anilines is 1. The summed E-state index contributed by atoms with van der Waals surface area (Å²) in [6.45, 7) is 0.729. The highest BCUT2D eigenvalue weighted by Crippen LogP contribution is 2.24. The second-order valence-electron chi connectivity index (χ2n) is 4.35. The SMILES string of the molecule is NC(=O)CCCNc1ncnc2c1CCCC2. The molecule has 0 spiro atoms. The number of aromatic nitrogens is 2. The summed E-state index contributed by atoms with van der Waals surface area (Å²) < 4.78 is 0. The molecular formula is C12H18N4O. The summed E-state index contributed by atoms with van der Waals surface area (Å²) in [4.78, 5) is 19.2. The van der Waals surface area contributed by atoms with Crippen LogP contribution in [-0.4, -0.2) is 22.4 Å². The Balaban J connectivity index is 1.94. The summed E-state index contributed by atoms with van der Waals surface area (Å²) in [5.74, 6) is 0.677. The molecule has 1 aromatic rings. The van der Waals surface area contributed by atoms with Crippen LogP contribution in [0, 0.1) is 0 Å². The van der Waals surface area contributed by atoms with E-state index >= 15 is 0 Å². The summed E-state index contributed by atoms with van der Waals surface area (Å²) in [5.41, 5.74) is 7.51. The lowest BCUT2D eigenvalue weighted by Gasteiger charge is -2.17. The van der Waals surface area contributed by atoms with Crippen molar-refractivity contribution in [3.63, 3.8) is 0 Å². The van der Waals surface area contributed by atoms with Crippen molar-refractivity contribution in [1.29, 1.82) is 0 Å². The number of hydrogen-bond acceptors (Lipinski definition) is 4. The van der Waals surface area contributed by atoms with E-state index in [0.717, 1.165) is 31.6 Å². The number of nitrogens with one attached hydrogen (secondary N) is 1. The van der Waals surface area contributed by atoms with Crippen molar-refractivity contribution in [2.75, 3.05) is 11.9 Å². The molecule has 1 aliphatic rings. The van der Waals surface area contributed by atoms with Gasteiger partial charge < -0.3 is 11.1 Å². The van der Waals surface area contributed by atoms with Gasteiger partial charge in [-0.15, -0.1) is 0 Å². The van der Waals surface area contributed by atoms with Crippen LogP contribution in [-0.2, 0) is 17.6 Å². The summed E-state index contributed by atoms with van der Waals surface area (Å²) in [5, 5.41) is 3.27. The normalized spacial score (nSPS) is 14.1. The number of carbonyl (C=O) groups is 1. The van der Waals surface area contributed by atoms with Crippen molar-refractivity contribution < 1.29 is 4.79 Å². The first kappa shape index (κ1) is 11.8. The minimum absolute atomic E-state index is 0.253. The van der Waals surface area contributed by atoms with Crippen molar-refractivity contribution in [1.82, 2.24) is 9.97 Å². The Labute approximate surface area is 101 Å². The van der Waals surface area contributed by atoms with E-state index in [1.54, 1.807) is 6.33 Å². The first-order valence-corrected chi connectivity index (χ1v) is 6.12. The van der Waals surface area contributed by atoms with Gasteiger partial charge in [0.15, 0.2) is 0 Å². The molecule has 92 valence electrons. The molecule has 0 saturated heterocycles. The molecule has 2 rings (SSSR count). The van der Waals surface area contributed by atoms with Crippen LogP contribution in [0.15, 0.2) is 6.33 Å². The van der Waals surface area contributed by atoms with Crippen LogP contribution in [0.4, 0.5) is 5.82 Å². The Bertz CT molecular complexity index is 405. The van der Waals surface area contributed by atoms with Gasteiger partial charge in [-0.1, -0.05) is 0 Å². The van der Waals surface area contributed by atoms with E-state index in [1.807, 2.05) is 0 Å². The second-order valence-corrected chi connectivity index (χ2v) is 4.35. The van der Waals surface area contributed by atoms with E-state index in [-0.39, 0.29) is 5.91 Å². The van der Waals surface area contributed by atoms with Crippen molar-refractivity contribution in [2.45, 2.75) is 38.5 Å². The van der Waals surface area contributed by atoms with Gasteiger partial charge in [0, 0.05) is 24.2 Å². The third kappa shape index (κ3) is 3.15. The van der Waals surface area contributed by atoms with Crippen molar-refractivity contribution in [3.8, 4) is 0 Å². The maximum atomic E-state index is 10.6. The van der Waals surface area contributed by atoms with Gasteiger partial charge in [-0.2, -0.15) is 0 Å². The van der Waals surface area contributed by atoms with E-state index in [0.29, 0.717) is 6.42 Å². The van der Waals surface area contributed by atoms with Crippen molar-refractivity contribution in [3.05, 3.63) is 17.6 Å². The van der Waals surface area contributed by atoms with E-state index in [9.17, 15) is 4.79 Å². The lowest BCUT2D eigenvalue weighted by molar-refractivity contribution is -0.118. The Hall–Kier alpha value is -1.65. The quantitative estimate of drug-likeness (QED) is 0.746. The van der Waals surface area contributed by atoms with Crippen LogP contribution in [0.1, 0.15) is 36.9 Å². The summed E-state index contributed by atoms with van der Waals surface area (Å²) in [7, 11) is 0. The largest absolute Gasteiger partial charge is 0.370 e. The Kier molecular flexibility index (Phi) is 3.90. The van der Waals surface area contributed by atoms with Gasteiger partial charge in [-0.25, -0.2) is 9.97 Å². The number of carbonyl (C=O) groups excluding carboxylic acids is 1. The molecule has 0 saturated carbocycles. The molecule has 5 nitrogen and oxygen atoms in total. The fourth-order valence-corrected chi connectivity index (χ4v) is 2.14. The molecular weight excluding hydrogens is 216 g/mol. The van der Waals surface area contributed by atoms with Gasteiger partial charge in [-0.05, 0) is 32.1 Å². The number of nitrogens with zero attached hydrogens (tertiary/aromatic N) is 2. The molecule has 0 radical (unpaired) electrons. The Morgan fingerprint density at radius 1 is 1.35 bits per heavy atom. The number of rotatable bonds is 5. The van der Waals surface area contributed by atoms with E-state index < -0.39 is 0 Å². The zero-order valence-corrected chi connectivity index (χ0v) is 9.91. The third-order valence-corrected chi connectivity index (χ3v) is 3.02. The Morgan fingerprint density at radius 2 is 2.18 bits per heavy atom. The molecule has 1 aliphatic carbocycles. The molecule has 5 heteroatoms.